The average molecular weight is 750 g/mol. The molecule has 3 aliphatic heterocycles. The van der Waals surface area contributed by atoms with Crippen LogP contribution in [0.2, 0.25) is 0 Å². The molecule has 0 spiro atoms. The summed E-state index contributed by atoms with van der Waals surface area (Å²) in [4.78, 5) is 60.0. The maximum Gasteiger partial charge on any atom is 0.416 e. The third-order valence-corrected chi connectivity index (χ3v) is 11.2. The number of fused-ring (bicyclic) bond motifs is 8. The van der Waals surface area contributed by atoms with Gasteiger partial charge in [0.25, 0.3) is 11.8 Å². The molecule has 12 heteroatoms. The second kappa shape index (κ2) is 13.8. The van der Waals surface area contributed by atoms with E-state index >= 15 is 0 Å². The van der Waals surface area contributed by atoms with Crippen molar-refractivity contribution in [2.24, 2.45) is 0 Å². The molecular formula is C43H42F3N5O4. The van der Waals surface area contributed by atoms with Gasteiger partial charge < -0.3 is 14.7 Å². The third-order valence-electron chi connectivity index (χ3n) is 11.2. The topological polar surface area (TPSA) is 121 Å². The van der Waals surface area contributed by atoms with Crippen LogP contribution in [0, 0.1) is 20.8 Å². The van der Waals surface area contributed by atoms with Gasteiger partial charge in [-0.25, -0.2) is 4.98 Å². The predicted molar refractivity (Wildman–Crippen MR) is 206 cm³/mol. The molecule has 0 aliphatic carbocycles. The van der Waals surface area contributed by atoms with Crippen molar-refractivity contribution in [3.8, 4) is 0 Å². The van der Waals surface area contributed by atoms with Crippen molar-refractivity contribution in [1.82, 2.24) is 24.8 Å². The van der Waals surface area contributed by atoms with Crippen molar-refractivity contribution in [2.45, 2.75) is 85.4 Å². The Bertz CT molecular complexity index is 2540. The van der Waals surface area contributed by atoms with Crippen molar-refractivity contribution in [2.75, 3.05) is 7.11 Å². The maximum atomic E-state index is 14.9. The highest BCUT2D eigenvalue weighted by Gasteiger charge is 2.41. The Hall–Kier alpha value is -5.78. The molecule has 2 amide bonds. The Morgan fingerprint density at radius 2 is 1.62 bits per heavy atom. The van der Waals surface area contributed by atoms with Gasteiger partial charge in [0.15, 0.2) is 0 Å². The summed E-state index contributed by atoms with van der Waals surface area (Å²) in [6, 6.07) is 9.35. The molecule has 0 unspecified atom stereocenters. The summed E-state index contributed by atoms with van der Waals surface area (Å²) in [5, 5.41) is 0. The zero-order chi connectivity index (χ0) is 39.7. The highest BCUT2D eigenvalue weighted by molar-refractivity contribution is 6.23. The van der Waals surface area contributed by atoms with E-state index in [1.807, 2.05) is 45.9 Å². The second-order valence-electron chi connectivity index (χ2n) is 14.6. The van der Waals surface area contributed by atoms with Gasteiger partial charge in [-0.1, -0.05) is 38.1 Å². The summed E-state index contributed by atoms with van der Waals surface area (Å²) in [5.41, 5.74) is 9.34. The van der Waals surface area contributed by atoms with Crippen molar-refractivity contribution < 1.29 is 32.3 Å². The average Bonchev–Trinajstić information content (AvgIpc) is 3.81. The van der Waals surface area contributed by atoms with Crippen LogP contribution in [0.4, 0.5) is 13.2 Å². The number of ether oxygens (including phenoxy) is 1. The Morgan fingerprint density at radius 1 is 0.927 bits per heavy atom. The normalized spacial score (nSPS) is 16.9. The number of methoxy groups -OCH3 is 1. The number of hydrogen-bond donors (Lipinski definition) is 2. The molecule has 3 aromatic heterocycles. The first kappa shape index (κ1) is 37.5. The number of carbonyl (C=O) groups is 3. The molecule has 3 aliphatic rings. The molecule has 0 saturated heterocycles. The number of aromatic amines is 2. The molecule has 1 aromatic carbocycles. The fraction of sp³-hybridized carbons (Fsp3) is 0.326. The highest BCUT2D eigenvalue weighted by atomic mass is 19.4. The molecular weight excluding hydrogens is 707 g/mol. The van der Waals surface area contributed by atoms with Crippen LogP contribution in [-0.2, 0) is 22.3 Å². The number of imide groups is 1. The number of H-pyrrole nitrogens is 2. The van der Waals surface area contributed by atoms with E-state index < -0.39 is 42.0 Å². The fourth-order valence-corrected chi connectivity index (χ4v) is 8.23. The number of alkyl halides is 3. The third kappa shape index (κ3) is 6.36. The summed E-state index contributed by atoms with van der Waals surface area (Å²) in [6.45, 7) is 15.0. The first-order valence-electron chi connectivity index (χ1n) is 18.3. The van der Waals surface area contributed by atoms with Gasteiger partial charge in [-0.05, 0) is 98.7 Å². The lowest BCUT2D eigenvalue weighted by molar-refractivity contribution is -0.141. The lowest BCUT2D eigenvalue weighted by Gasteiger charge is -2.27. The Morgan fingerprint density at radius 3 is 2.29 bits per heavy atom. The van der Waals surface area contributed by atoms with Crippen LogP contribution in [0.15, 0.2) is 43.0 Å². The molecule has 4 aromatic rings. The first-order chi connectivity index (χ1) is 26.1. The van der Waals surface area contributed by atoms with E-state index in [0.29, 0.717) is 40.1 Å². The number of aryl methyl sites for hydroxylation is 3. The van der Waals surface area contributed by atoms with Gasteiger partial charge in [0.2, 0.25) is 0 Å². The van der Waals surface area contributed by atoms with Crippen LogP contribution in [-0.4, -0.2) is 49.7 Å². The quantitative estimate of drug-likeness (QED) is 0.143. The van der Waals surface area contributed by atoms with Crippen molar-refractivity contribution in [3.05, 3.63) is 110 Å². The molecule has 2 atom stereocenters. The monoisotopic (exact) mass is 749 g/mol. The number of carbonyl (C=O) groups excluding carboxylic acids is 3. The largest absolute Gasteiger partial charge is 0.469 e. The van der Waals surface area contributed by atoms with Crippen molar-refractivity contribution >= 4 is 57.1 Å². The standard InChI is InChI=1S/C43H42F3N5O4/c1-9-27-21(4)30-16-32-23(6)29(11-12-36(52)55-8)39(49-32)38-40-37(41(53)51(42(38)54)19-25-13-20(3)14-26(15-25)43(44,45)46)24(7)33(50-40)18-35-28(10-2)22(5)31(48-35)17-34(27)47-30/h9,13-18,23,29,47,50H,1,10-12,19H2,2-8H3/t23-,29-/m0/s1. The van der Waals surface area contributed by atoms with E-state index in [1.54, 1.807) is 19.1 Å². The Labute approximate surface area is 316 Å². The minimum absolute atomic E-state index is 0.0479. The van der Waals surface area contributed by atoms with E-state index in [0.717, 1.165) is 56.0 Å². The molecule has 2 N–H and O–H groups in total. The number of halogens is 3. The predicted octanol–water partition coefficient (Wildman–Crippen LogP) is 9.88. The molecule has 0 radical (unpaired) electrons. The van der Waals surface area contributed by atoms with Gasteiger partial charge >= 0.3 is 12.1 Å². The number of hydrogen-bond acceptors (Lipinski definition) is 6. The number of nitrogens with zero attached hydrogens (tertiary/aromatic N) is 3. The minimum atomic E-state index is -4.62. The minimum Gasteiger partial charge on any atom is -0.469 e. The van der Waals surface area contributed by atoms with E-state index in [9.17, 15) is 27.6 Å². The van der Waals surface area contributed by atoms with Gasteiger partial charge in [0.05, 0.1) is 52.9 Å². The number of rotatable bonds is 7. The van der Waals surface area contributed by atoms with Gasteiger partial charge in [0.1, 0.15) is 0 Å². The lowest BCUT2D eigenvalue weighted by atomic mass is 9.84. The van der Waals surface area contributed by atoms with E-state index in [4.69, 9.17) is 14.7 Å². The number of nitrogens with one attached hydrogen (secondary N) is 2. The summed E-state index contributed by atoms with van der Waals surface area (Å²) < 4.78 is 46.7. The SMILES string of the molecule is C=Cc1c(C)c2cc3nc(c4c5[nH]c(cc6nc(cc1[nH]2)C(C)=C6CC)c(C)c5C(=O)N(Cc1cc(C)cc(C(F)(F)F)c1)C4=O)[C@@H](CCC(=O)OC)[C@@H]3C. The molecule has 6 heterocycles. The molecule has 8 bridgehead atoms. The van der Waals surface area contributed by atoms with Gasteiger partial charge in [-0.2, -0.15) is 13.2 Å². The second-order valence-corrected chi connectivity index (χ2v) is 14.6. The van der Waals surface area contributed by atoms with Crippen LogP contribution < -0.4 is 0 Å². The fourth-order valence-electron chi connectivity index (χ4n) is 8.23. The molecule has 284 valence electrons. The number of benzene rings is 1. The smallest absolute Gasteiger partial charge is 0.416 e. The van der Waals surface area contributed by atoms with E-state index in [1.165, 1.54) is 14.0 Å². The van der Waals surface area contributed by atoms with Crippen LogP contribution in [0.3, 0.4) is 0 Å². The van der Waals surface area contributed by atoms with Crippen LogP contribution in [0.1, 0.15) is 129 Å². The molecule has 7 rings (SSSR count). The molecule has 55 heavy (non-hydrogen) atoms. The van der Waals surface area contributed by atoms with Crippen LogP contribution in [0.5, 0.6) is 0 Å². The summed E-state index contributed by atoms with van der Waals surface area (Å²) in [5.74, 6) is -2.50. The van der Waals surface area contributed by atoms with Gasteiger partial charge in [-0.3, -0.25) is 24.3 Å². The number of aromatic nitrogens is 4. The summed E-state index contributed by atoms with van der Waals surface area (Å²) in [7, 11) is 1.31. The zero-order valence-electron chi connectivity index (χ0n) is 31.8. The van der Waals surface area contributed by atoms with E-state index in [-0.39, 0.29) is 41.0 Å². The van der Waals surface area contributed by atoms with Gasteiger partial charge in [0, 0.05) is 46.1 Å². The summed E-state index contributed by atoms with van der Waals surface area (Å²) >= 11 is 0. The zero-order valence-corrected chi connectivity index (χ0v) is 31.8. The van der Waals surface area contributed by atoms with Crippen LogP contribution >= 0.6 is 0 Å². The number of amides is 2. The lowest BCUT2D eigenvalue weighted by Crippen LogP contribution is -2.40. The van der Waals surface area contributed by atoms with Gasteiger partial charge in [-0.15, -0.1) is 0 Å². The molecule has 9 nitrogen and oxygen atoms in total. The van der Waals surface area contributed by atoms with E-state index in [2.05, 4.69) is 16.5 Å². The first-order valence-corrected chi connectivity index (χ1v) is 18.3. The molecule has 0 saturated carbocycles. The Balaban J connectivity index is 1.58. The van der Waals surface area contributed by atoms with Crippen molar-refractivity contribution in [1.29, 1.82) is 0 Å². The molecule has 0 fully saturated rings. The maximum absolute atomic E-state index is 14.9. The summed E-state index contributed by atoms with van der Waals surface area (Å²) in [6.07, 6.45) is -1.81. The Kier molecular flexibility index (Phi) is 9.43. The van der Waals surface area contributed by atoms with Crippen LogP contribution in [0.25, 0.3) is 39.3 Å². The highest BCUT2D eigenvalue weighted by Crippen LogP contribution is 2.44. The number of esters is 1. The number of allylic oxidation sites excluding steroid dienone is 2. The van der Waals surface area contributed by atoms with Crippen molar-refractivity contribution in [3.63, 3.8) is 0 Å².